The van der Waals surface area contributed by atoms with Crippen LogP contribution in [-0.4, -0.2) is 40.6 Å². The summed E-state index contributed by atoms with van der Waals surface area (Å²) in [6, 6.07) is -0.577. The highest BCUT2D eigenvalue weighted by Gasteiger charge is 2.52. The van der Waals surface area contributed by atoms with Gasteiger partial charge in [-0.25, -0.2) is 4.79 Å². The van der Waals surface area contributed by atoms with Crippen LogP contribution in [0.5, 0.6) is 0 Å². The molecule has 0 aromatic carbocycles. The summed E-state index contributed by atoms with van der Waals surface area (Å²) in [5, 5.41) is 3.27. The van der Waals surface area contributed by atoms with E-state index in [9.17, 15) is 9.59 Å². The quantitative estimate of drug-likeness (QED) is 0.522. The van der Waals surface area contributed by atoms with Crippen molar-refractivity contribution >= 4 is 11.9 Å². The second-order valence-electron chi connectivity index (χ2n) is 7.60. The summed E-state index contributed by atoms with van der Waals surface area (Å²) in [6.45, 7) is 11.9. The number of carbonyl (C=O) groups excluding carboxylic acids is 2. The summed E-state index contributed by atoms with van der Waals surface area (Å²) in [4.78, 5) is 26.4. The molecule has 0 saturated carbocycles. The van der Waals surface area contributed by atoms with Crippen LogP contribution in [0.25, 0.3) is 0 Å². The molecule has 1 heterocycles. The molecular weight excluding hydrogens is 292 g/mol. The molecule has 5 heteroatoms. The van der Waals surface area contributed by atoms with Gasteiger partial charge in [-0.2, -0.15) is 0 Å². The summed E-state index contributed by atoms with van der Waals surface area (Å²) in [5.74, 6) is -0.383. The average Bonchev–Trinajstić information content (AvgIpc) is 2.60. The molecule has 134 valence electrons. The van der Waals surface area contributed by atoms with Gasteiger partial charge in [0.25, 0.3) is 0 Å². The summed E-state index contributed by atoms with van der Waals surface area (Å²) in [6.07, 6.45) is 6.92. The molecule has 1 unspecified atom stereocenters. The third kappa shape index (κ3) is 5.20. The second kappa shape index (κ2) is 8.13. The minimum Gasteiger partial charge on any atom is -0.464 e. The Labute approximate surface area is 141 Å². The maximum Gasteiger partial charge on any atom is 0.328 e. The van der Waals surface area contributed by atoms with Crippen LogP contribution in [0.2, 0.25) is 0 Å². The monoisotopic (exact) mass is 326 g/mol. The second-order valence-corrected chi connectivity index (χ2v) is 7.60. The number of unbranched alkanes of at least 4 members (excludes halogenated alkanes) is 5. The van der Waals surface area contributed by atoms with Crippen LogP contribution < -0.4 is 5.32 Å². The zero-order chi connectivity index (χ0) is 17.7. The van der Waals surface area contributed by atoms with E-state index in [-0.39, 0.29) is 11.9 Å². The zero-order valence-electron chi connectivity index (χ0n) is 15.7. The Bertz CT molecular complexity index is 418. The predicted molar refractivity (Wildman–Crippen MR) is 91.9 cm³/mol. The molecular formula is C18H34N2O3. The van der Waals surface area contributed by atoms with Crippen molar-refractivity contribution in [2.24, 2.45) is 0 Å². The SMILES string of the molecule is CCCCCCCCOC(=O)C(C)N1C(=O)C(C)(C)NC1(C)C. The zero-order valence-corrected chi connectivity index (χ0v) is 15.7. The Balaban J connectivity index is 2.43. The van der Waals surface area contributed by atoms with Gasteiger partial charge in [0.1, 0.15) is 6.04 Å². The van der Waals surface area contributed by atoms with E-state index in [0.717, 1.165) is 12.8 Å². The molecule has 1 fully saturated rings. The fourth-order valence-corrected chi connectivity index (χ4v) is 3.37. The summed E-state index contributed by atoms with van der Waals surface area (Å²) >= 11 is 0. The number of ether oxygens (including phenoxy) is 1. The molecule has 0 bridgehead atoms. The summed E-state index contributed by atoms with van der Waals surface area (Å²) < 4.78 is 5.37. The Morgan fingerprint density at radius 2 is 1.70 bits per heavy atom. The fourth-order valence-electron chi connectivity index (χ4n) is 3.37. The largest absolute Gasteiger partial charge is 0.464 e. The molecule has 0 radical (unpaired) electrons. The molecule has 1 rings (SSSR count). The lowest BCUT2D eigenvalue weighted by Gasteiger charge is -2.34. The van der Waals surface area contributed by atoms with Gasteiger partial charge in [-0.05, 0) is 41.0 Å². The minimum absolute atomic E-state index is 0.0634. The molecule has 1 saturated heterocycles. The Hall–Kier alpha value is -1.10. The van der Waals surface area contributed by atoms with Crippen molar-refractivity contribution in [3.63, 3.8) is 0 Å². The van der Waals surface area contributed by atoms with E-state index in [0.29, 0.717) is 6.61 Å². The fraction of sp³-hybridized carbons (Fsp3) is 0.889. The number of carbonyl (C=O) groups is 2. The maximum absolute atomic E-state index is 12.5. The van der Waals surface area contributed by atoms with Crippen LogP contribution in [-0.2, 0) is 14.3 Å². The van der Waals surface area contributed by atoms with E-state index in [1.54, 1.807) is 11.8 Å². The Morgan fingerprint density at radius 3 is 2.22 bits per heavy atom. The highest BCUT2D eigenvalue weighted by Crippen LogP contribution is 2.30. The number of amides is 1. The van der Waals surface area contributed by atoms with Gasteiger partial charge in [0.2, 0.25) is 5.91 Å². The number of esters is 1. The van der Waals surface area contributed by atoms with Crippen molar-refractivity contribution in [1.29, 1.82) is 0 Å². The van der Waals surface area contributed by atoms with Crippen molar-refractivity contribution < 1.29 is 14.3 Å². The normalized spacial score (nSPS) is 20.6. The first-order chi connectivity index (χ1) is 10.6. The van der Waals surface area contributed by atoms with Gasteiger partial charge >= 0.3 is 5.97 Å². The number of hydrogen-bond donors (Lipinski definition) is 1. The van der Waals surface area contributed by atoms with Crippen LogP contribution in [0.15, 0.2) is 0 Å². The third-order valence-electron chi connectivity index (χ3n) is 4.44. The first kappa shape index (κ1) is 19.9. The van der Waals surface area contributed by atoms with E-state index in [2.05, 4.69) is 12.2 Å². The van der Waals surface area contributed by atoms with Crippen LogP contribution in [0.4, 0.5) is 0 Å². The van der Waals surface area contributed by atoms with E-state index < -0.39 is 17.2 Å². The molecule has 1 aliphatic rings. The predicted octanol–water partition coefficient (Wildman–Crippen LogP) is 3.23. The lowest BCUT2D eigenvalue weighted by molar-refractivity contribution is -0.156. The van der Waals surface area contributed by atoms with E-state index >= 15 is 0 Å². The van der Waals surface area contributed by atoms with Gasteiger partial charge in [-0.3, -0.25) is 10.1 Å². The highest BCUT2D eigenvalue weighted by atomic mass is 16.5. The molecule has 0 aromatic rings. The van der Waals surface area contributed by atoms with Crippen molar-refractivity contribution in [3.05, 3.63) is 0 Å². The molecule has 5 nitrogen and oxygen atoms in total. The van der Waals surface area contributed by atoms with Gasteiger partial charge in [0.05, 0.1) is 17.8 Å². The first-order valence-corrected chi connectivity index (χ1v) is 8.93. The van der Waals surface area contributed by atoms with Crippen molar-refractivity contribution in [3.8, 4) is 0 Å². The lowest BCUT2D eigenvalue weighted by atomic mass is 10.1. The average molecular weight is 326 g/mol. The van der Waals surface area contributed by atoms with Crippen molar-refractivity contribution in [2.45, 2.75) is 97.3 Å². The standard InChI is InChI=1S/C18H34N2O3/c1-7-8-9-10-11-12-13-23-15(21)14(2)20-16(22)17(3,4)19-18(20,5)6/h14,19H,7-13H2,1-6H3. The summed E-state index contributed by atoms with van der Waals surface area (Å²) in [5.41, 5.74) is -1.21. The third-order valence-corrected chi connectivity index (χ3v) is 4.44. The highest BCUT2D eigenvalue weighted by molar-refractivity contribution is 5.92. The molecule has 1 amide bonds. The smallest absolute Gasteiger partial charge is 0.328 e. The molecule has 1 aliphatic heterocycles. The maximum atomic E-state index is 12.5. The van der Waals surface area contributed by atoms with Gasteiger partial charge in [-0.15, -0.1) is 0 Å². The molecule has 0 aromatic heterocycles. The first-order valence-electron chi connectivity index (χ1n) is 8.93. The molecule has 0 spiro atoms. The lowest BCUT2D eigenvalue weighted by Crippen LogP contribution is -2.54. The van der Waals surface area contributed by atoms with Gasteiger partial charge in [-0.1, -0.05) is 39.0 Å². The minimum atomic E-state index is -0.655. The summed E-state index contributed by atoms with van der Waals surface area (Å²) in [7, 11) is 0. The number of rotatable bonds is 9. The van der Waals surface area contributed by atoms with Crippen LogP contribution in [0.3, 0.4) is 0 Å². The van der Waals surface area contributed by atoms with E-state index in [4.69, 9.17) is 4.74 Å². The number of hydrogen-bond acceptors (Lipinski definition) is 4. The molecule has 1 atom stereocenters. The van der Waals surface area contributed by atoms with E-state index in [1.165, 1.54) is 25.7 Å². The van der Waals surface area contributed by atoms with E-state index in [1.807, 2.05) is 27.7 Å². The van der Waals surface area contributed by atoms with Gasteiger partial charge < -0.3 is 9.64 Å². The van der Waals surface area contributed by atoms with Crippen LogP contribution in [0, 0.1) is 0 Å². The van der Waals surface area contributed by atoms with Gasteiger partial charge in [0, 0.05) is 0 Å². The molecule has 23 heavy (non-hydrogen) atoms. The van der Waals surface area contributed by atoms with Crippen molar-refractivity contribution in [1.82, 2.24) is 10.2 Å². The Kier molecular flexibility index (Phi) is 7.05. The van der Waals surface area contributed by atoms with Gasteiger partial charge in [0.15, 0.2) is 0 Å². The van der Waals surface area contributed by atoms with Crippen LogP contribution in [0.1, 0.15) is 80.1 Å². The van der Waals surface area contributed by atoms with Crippen molar-refractivity contribution in [2.75, 3.05) is 6.61 Å². The topological polar surface area (TPSA) is 58.6 Å². The number of nitrogens with one attached hydrogen (secondary N) is 1. The molecule has 0 aliphatic carbocycles. The number of nitrogens with zero attached hydrogens (tertiary/aromatic N) is 1. The Morgan fingerprint density at radius 1 is 1.13 bits per heavy atom. The molecule has 1 N–H and O–H groups in total. The van der Waals surface area contributed by atoms with Crippen LogP contribution >= 0.6 is 0 Å².